The molecule has 2 aliphatic rings. The first-order valence-corrected chi connectivity index (χ1v) is 11.7. The number of aromatic nitrogens is 1. The van der Waals surface area contributed by atoms with Crippen LogP contribution in [0.3, 0.4) is 0 Å². The van der Waals surface area contributed by atoms with E-state index in [0.717, 1.165) is 51.8 Å². The summed E-state index contributed by atoms with van der Waals surface area (Å²) in [6.45, 7) is 5.42. The number of hydrazine groups is 1. The Morgan fingerprint density at radius 2 is 2.19 bits per heavy atom. The van der Waals surface area contributed by atoms with Gasteiger partial charge in [-0.15, -0.1) is 11.3 Å². The summed E-state index contributed by atoms with van der Waals surface area (Å²) in [6, 6.07) is 10.4. The fourth-order valence-corrected chi connectivity index (χ4v) is 5.74. The lowest BCUT2D eigenvalue weighted by atomic mass is 10.1. The topological polar surface area (TPSA) is 95.3 Å². The number of rotatable bonds is 5. The molecular formula is C22H25ClN6OS. The van der Waals surface area contributed by atoms with Crippen LogP contribution in [0.4, 0.5) is 11.4 Å². The highest BCUT2D eigenvalue weighted by Crippen LogP contribution is 2.33. The molecule has 5 N–H and O–H groups in total. The molecular weight excluding hydrogens is 432 g/mol. The van der Waals surface area contributed by atoms with Gasteiger partial charge in [-0.3, -0.25) is 4.79 Å². The molecule has 9 heteroatoms. The highest BCUT2D eigenvalue weighted by Gasteiger charge is 2.38. The third-order valence-corrected chi connectivity index (χ3v) is 7.49. The van der Waals surface area contributed by atoms with Crippen molar-refractivity contribution >= 4 is 50.4 Å². The van der Waals surface area contributed by atoms with Gasteiger partial charge in [-0.2, -0.15) is 0 Å². The van der Waals surface area contributed by atoms with Crippen molar-refractivity contribution in [2.75, 3.05) is 36.9 Å². The van der Waals surface area contributed by atoms with Gasteiger partial charge in [-0.05, 0) is 43.2 Å². The van der Waals surface area contributed by atoms with E-state index >= 15 is 0 Å². The minimum absolute atomic E-state index is 0.165. The van der Waals surface area contributed by atoms with E-state index in [0.29, 0.717) is 35.5 Å². The summed E-state index contributed by atoms with van der Waals surface area (Å²) >= 11 is 7.94. The zero-order chi connectivity index (χ0) is 21.5. The SMILES string of the molecule is Cc1ccc2c(N)c(C(=O)NCCc3ccc(N4NCC5CNCC54)c(Cl)c3)sc2n1. The fraction of sp³-hybridized carbons (Fsp3) is 0.364. The van der Waals surface area contributed by atoms with Crippen LogP contribution in [0.5, 0.6) is 0 Å². The number of amides is 1. The van der Waals surface area contributed by atoms with Crippen LogP contribution in [-0.2, 0) is 6.42 Å². The molecule has 0 saturated carbocycles. The Hall–Kier alpha value is -2.39. The largest absolute Gasteiger partial charge is 0.397 e. The predicted octanol–water partition coefficient (Wildman–Crippen LogP) is 2.73. The Labute approximate surface area is 189 Å². The number of nitrogens with one attached hydrogen (secondary N) is 3. The van der Waals surface area contributed by atoms with E-state index in [1.54, 1.807) is 0 Å². The van der Waals surface area contributed by atoms with Crippen molar-refractivity contribution in [1.82, 2.24) is 21.0 Å². The average Bonchev–Trinajstić information content (AvgIpc) is 3.43. The number of hydrogen-bond donors (Lipinski definition) is 4. The quantitative estimate of drug-likeness (QED) is 0.471. The number of nitrogens with zero attached hydrogens (tertiary/aromatic N) is 2. The molecule has 162 valence electrons. The normalized spacial score (nSPS) is 20.4. The first kappa shape index (κ1) is 20.5. The molecule has 0 bridgehead atoms. The van der Waals surface area contributed by atoms with Gasteiger partial charge in [0.2, 0.25) is 0 Å². The van der Waals surface area contributed by atoms with Crippen LogP contribution in [-0.4, -0.2) is 43.1 Å². The Morgan fingerprint density at radius 1 is 1.32 bits per heavy atom. The lowest BCUT2D eigenvalue weighted by molar-refractivity contribution is 0.0959. The molecule has 2 aliphatic heterocycles. The molecule has 1 aromatic carbocycles. The van der Waals surface area contributed by atoms with Crippen LogP contribution in [0.1, 0.15) is 20.9 Å². The fourth-order valence-electron chi connectivity index (χ4n) is 4.39. The van der Waals surface area contributed by atoms with Gasteiger partial charge in [-0.25, -0.2) is 10.4 Å². The molecule has 0 aliphatic carbocycles. The number of nitrogens with two attached hydrogens (primary N) is 1. The van der Waals surface area contributed by atoms with Crippen LogP contribution in [0.25, 0.3) is 10.2 Å². The highest BCUT2D eigenvalue weighted by atomic mass is 35.5. The number of benzene rings is 1. The number of pyridine rings is 1. The number of thiophene rings is 1. The second-order valence-electron chi connectivity index (χ2n) is 8.16. The number of fused-ring (bicyclic) bond motifs is 2. The van der Waals surface area contributed by atoms with Crippen molar-refractivity contribution in [2.24, 2.45) is 5.92 Å². The van der Waals surface area contributed by atoms with Crippen LogP contribution < -0.4 is 26.8 Å². The number of hydrogen-bond acceptors (Lipinski definition) is 7. The summed E-state index contributed by atoms with van der Waals surface area (Å²) in [6.07, 6.45) is 0.689. The molecule has 31 heavy (non-hydrogen) atoms. The van der Waals surface area contributed by atoms with Gasteiger partial charge in [-0.1, -0.05) is 17.7 Å². The van der Waals surface area contributed by atoms with Gasteiger partial charge in [0.05, 0.1) is 22.4 Å². The lowest BCUT2D eigenvalue weighted by Crippen LogP contribution is -2.40. The lowest BCUT2D eigenvalue weighted by Gasteiger charge is -2.26. The van der Waals surface area contributed by atoms with Crippen molar-refractivity contribution in [3.63, 3.8) is 0 Å². The van der Waals surface area contributed by atoms with E-state index < -0.39 is 0 Å². The van der Waals surface area contributed by atoms with Crippen molar-refractivity contribution in [3.8, 4) is 0 Å². The molecule has 7 nitrogen and oxygen atoms in total. The molecule has 4 heterocycles. The second-order valence-corrected chi connectivity index (χ2v) is 9.57. The summed E-state index contributed by atoms with van der Waals surface area (Å²) in [5.74, 6) is 0.452. The van der Waals surface area contributed by atoms with Crippen LogP contribution >= 0.6 is 22.9 Å². The van der Waals surface area contributed by atoms with Gasteiger partial charge in [0.1, 0.15) is 9.71 Å². The molecule has 0 radical (unpaired) electrons. The monoisotopic (exact) mass is 456 g/mol. The molecule has 1 amide bonds. The molecule has 5 rings (SSSR count). The van der Waals surface area contributed by atoms with Crippen molar-refractivity contribution < 1.29 is 4.79 Å². The van der Waals surface area contributed by atoms with Gasteiger partial charge >= 0.3 is 0 Å². The van der Waals surface area contributed by atoms with E-state index in [1.165, 1.54) is 11.3 Å². The summed E-state index contributed by atoms with van der Waals surface area (Å²) in [4.78, 5) is 18.4. The predicted molar refractivity (Wildman–Crippen MR) is 127 cm³/mol. The van der Waals surface area contributed by atoms with Gasteiger partial charge in [0.15, 0.2) is 0 Å². The number of nitrogen functional groups attached to an aromatic ring is 1. The third kappa shape index (κ3) is 3.85. The maximum Gasteiger partial charge on any atom is 0.263 e. The number of anilines is 2. The maximum absolute atomic E-state index is 12.7. The smallest absolute Gasteiger partial charge is 0.263 e. The zero-order valence-electron chi connectivity index (χ0n) is 17.2. The summed E-state index contributed by atoms with van der Waals surface area (Å²) in [7, 11) is 0. The standard InChI is InChI=1S/C22H25ClN6OS/c1-12-2-4-15-19(24)20(31-22(15)28-12)21(30)26-7-6-13-3-5-17(16(23)8-13)29-18-11-25-9-14(18)10-27-29/h2-5,8,14,18,25,27H,6-7,9-11,24H2,1H3,(H,26,30). The van der Waals surface area contributed by atoms with Crippen LogP contribution in [0.2, 0.25) is 5.02 Å². The zero-order valence-corrected chi connectivity index (χ0v) is 18.8. The van der Waals surface area contributed by atoms with E-state index in [9.17, 15) is 4.79 Å². The average molecular weight is 457 g/mol. The number of carbonyl (C=O) groups is 1. The van der Waals surface area contributed by atoms with E-state index in [-0.39, 0.29) is 5.91 Å². The first-order valence-electron chi connectivity index (χ1n) is 10.5. The molecule has 0 spiro atoms. The highest BCUT2D eigenvalue weighted by molar-refractivity contribution is 7.21. The van der Waals surface area contributed by atoms with E-state index in [2.05, 4.69) is 38.2 Å². The summed E-state index contributed by atoms with van der Waals surface area (Å²) in [5, 5.41) is 10.2. The van der Waals surface area contributed by atoms with Gasteiger partial charge in [0, 0.05) is 43.2 Å². The first-order chi connectivity index (χ1) is 15.0. The van der Waals surface area contributed by atoms with Crippen molar-refractivity contribution in [3.05, 3.63) is 51.5 Å². The minimum atomic E-state index is -0.165. The Morgan fingerprint density at radius 3 is 3.03 bits per heavy atom. The molecule has 2 saturated heterocycles. The van der Waals surface area contributed by atoms with Crippen LogP contribution in [0, 0.1) is 12.8 Å². The van der Waals surface area contributed by atoms with E-state index in [4.69, 9.17) is 17.3 Å². The van der Waals surface area contributed by atoms with Crippen LogP contribution in [0.15, 0.2) is 30.3 Å². The van der Waals surface area contributed by atoms with E-state index in [1.807, 2.05) is 25.1 Å². The minimum Gasteiger partial charge on any atom is -0.397 e. The molecule has 2 fully saturated rings. The molecule has 2 unspecified atom stereocenters. The number of carbonyl (C=O) groups excluding carboxylic acids is 1. The molecule has 3 aromatic rings. The summed E-state index contributed by atoms with van der Waals surface area (Å²) in [5.41, 5.74) is 13.1. The molecule has 2 atom stereocenters. The Balaban J connectivity index is 1.22. The number of halogens is 1. The number of aryl methyl sites for hydroxylation is 1. The Bertz CT molecular complexity index is 1150. The molecule has 2 aromatic heterocycles. The van der Waals surface area contributed by atoms with Gasteiger partial charge in [0.25, 0.3) is 5.91 Å². The second kappa shape index (κ2) is 8.27. The summed E-state index contributed by atoms with van der Waals surface area (Å²) < 4.78 is 0. The van der Waals surface area contributed by atoms with Crippen molar-refractivity contribution in [2.45, 2.75) is 19.4 Å². The van der Waals surface area contributed by atoms with Gasteiger partial charge < -0.3 is 21.4 Å². The maximum atomic E-state index is 12.7. The Kier molecular flexibility index (Phi) is 5.47. The third-order valence-electron chi connectivity index (χ3n) is 6.07. The van der Waals surface area contributed by atoms with Crippen molar-refractivity contribution in [1.29, 1.82) is 0 Å².